The molecule has 0 aliphatic carbocycles. The summed E-state index contributed by atoms with van der Waals surface area (Å²) in [5.41, 5.74) is 1.01. The zero-order valence-electron chi connectivity index (χ0n) is 11.8. The van der Waals surface area contributed by atoms with Crippen LogP contribution in [0.2, 0.25) is 0 Å². The second kappa shape index (κ2) is 5.40. The molecule has 104 valence electrons. The number of aromatic nitrogens is 2. The van der Waals surface area contributed by atoms with Crippen molar-refractivity contribution in [3.63, 3.8) is 0 Å². The molecule has 6 heteroatoms. The monoisotopic (exact) mass is 273 g/mol. The molecule has 1 aromatic rings. The van der Waals surface area contributed by atoms with Gasteiger partial charge in [0, 0.05) is 19.3 Å². The third kappa shape index (κ3) is 3.32. The lowest BCUT2D eigenvalue weighted by Gasteiger charge is -2.20. The largest absolute Gasteiger partial charge is 0.330 e. The summed E-state index contributed by atoms with van der Waals surface area (Å²) in [6.45, 7) is 8.24. The minimum absolute atomic E-state index is 0.143. The van der Waals surface area contributed by atoms with Crippen molar-refractivity contribution in [3.8, 4) is 0 Å². The van der Waals surface area contributed by atoms with Gasteiger partial charge in [0.25, 0.3) is 0 Å². The van der Waals surface area contributed by atoms with Gasteiger partial charge in [0.2, 0.25) is 0 Å². The molecule has 1 heterocycles. The summed E-state index contributed by atoms with van der Waals surface area (Å²) >= 11 is 0. The molecule has 0 unspecified atom stereocenters. The Kier molecular flexibility index (Phi) is 4.55. The van der Waals surface area contributed by atoms with E-state index >= 15 is 0 Å². The quantitative estimate of drug-likeness (QED) is 0.873. The third-order valence-electron chi connectivity index (χ3n) is 3.01. The van der Waals surface area contributed by atoms with Gasteiger partial charge in [-0.25, -0.2) is 13.4 Å². The van der Waals surface area contributed by atoms with Crippen LogP contribution in [-0.4, -0.2) is 35.5 Å². The molecule has 5 nitrogen and oxygen atoms in total. The Bertz CT molecular complexity index is 498. The highest BCUT2D eigenvalue weighted by Crippen LogP contribution is 2.17. The predicted molar refractivity (Wildman–Crippen MR) is 73.3 cm³/mol. The Labute approximate surface area is 110 Å². The number of hydrogen-bond acceptors (Lipinski definition) is 4. The standard InChI is InChI=1S/C12H23N3O2S/c1-10-14-9-11(8-13-5)15(10)6-7-18(16,17)12(2,3)4/h9,13H,6-8H2,1-5H3. The first-order chi connectivity index (χ1) is 8.19. The van der Waals surface area contributed by atoms with Crippen molar-refractivity contribution < 1.29 is 8.42 Å². The SMILES string of the molecule is CNCc1cnc(C)n1CCS(=O)(=O)C(C)(C)C. The number of aryl methyl sites for hydroxylation is 1. The Morgan fingerprint density at radius 2 is 2.00 bits per heavy atom. The van der Waals surface area contributed by atoms with E-state index in [9.17, 15) is 8.42 Å². The fourth-order valence-electron chi connectivity index (χ4n) is 1.66. The molecule has 0 fully saturated rings. The van der Waals surface area contributed by atoms with Crippen molar-refractivity contribution >= 4 is 9.84 Å². The Morgan fingerprint density at radius 1 is 1.39 bits per heavy atom. The Morgan fingerprint density at radius 3 is 2.50 bits per heavy atom. The summed E-state index contributed by atoms with van der Waals surface area (Å²) in [5, 5.41) is 3.05. The maximum atomic E-state index is 12.1. The fraction of sp³-hybridized carbons (Fsp3) is 0.750. The topological polar surface area (TPSA) is 64.0 Å². The van der Waals surface area contributed by atoms with Crippen LogP contribution in [0.25, 0.3) is 0 Å². The van der Waals surface area contributed by atoms with Gasteiger partial charge < -0.3 is 9.88 Å². The predicted octanol–water partition coefficient (Wildman–Crippen LogP) is 1.12. The van der Waals surface area contributed by atoms with Crippen LogP contribution in [0.15, 0.2) is 6.20 Å². The maximum Gasteiger partial charge on any atom is 0.156 e. The molecule has 1 N–H and O–H groups in total. The molecule has 0 amide bonds. The van der Waals surface area contributed by atoms with Gasteiger partial charge in [-0.05, 0) is 34.7 Å². The molecule has 0 aromatic carbocycles. The normalized spacial score (nSPS) is 12.9. The molecule has 0 bridgehead atoms. The zero-order chi connectivity index (χ0) is 14.0. The van der Waals surface area contributed by atoms with E-state index in [1.165, 1.54) is 0 Å². The van der Waals surface area contributed by atoms with Gasteiger partial charge in [-0.1, -0.05) is 0 Å². The fourth-order valence-corrected chi connectivity index (χ4v) is 2.70. The van der Waals surface area contributed by atoms with Gasteiger partial charge in [0.1, 0.15) is 5.82 Å². The van der Waals surface area contributed by atoms with E-state index in [2.05, 4.69) is 10.3 Å². The molecule has 0 atom stereocenters. The highest BCUT2D eigenvalue weighted by atomic mass is 32.2. The lowest BCUT2D eigenvalue weighted by atomic mass is 10.3. The average molecular weight is 273 g/mol. The molecular formula is C12H23N3O2S. The van der Waals surface area contributed by atoms with Crippen LogP contribution in [0.5, 0.6) is 0 Å². The van der Waals surface area contributed by atoms with Crippen LogP contribution in [0.3, 0.4) is 0 Å². The van der Waals surface area contributed by atoms with Gasteiger partial charge in [0.15, 0.2) is 9.84 Å². The molecule has 0 saturated carbocycles. The van der Waals surface area contributed by atoms with Crippen molar-refractivity contribution in [2.45, 2.75) is 45.5 Å². The van der Waals surface area contributed by atoms with Gasteiger partial charge in [0.05, 0.1) is 16.2 Å². The van der Waals surface area contributed by atoms with Crippen molar-refractivity contribution in [2.24, 2.45) is 0 Å². The number of nitrogens with one attached hydrogen (secondary N) is 1. The number of hydrogen-bond donors (Lipinski definition) is 1. The summed E-state index contributed by atoms with van der Waals surface area (Å²) in [6.07, 6.45) is 1.79. The Balaban J connectivity index is 2.84. The second-order valence-corrected chi connectivity index (χ2v) is 8.27. The highest BCUT2D eigenvalue weighted by molar-refractivity contribution is 7.92. The van der Waals surface area contributed by atoms with E-state index in [1.807, 2.05) is 18.5 Å². The summed E-state index contributed by atoms with van der Waals surface area (Å²) in [6, 6.07) is 0. The van der Waals surface area contributed by atoms with Gasteiger partial charge in [-0.2, -0.15) is 0 Å². The van der Waals surface area contributed by atoms with Crippen LogP contribution in [0.1, 0.15) is 32.3 Å². The first kappa shape index (κ1) is 15.2. The van der Waals surface area contributed by atoms with E-state index in [4.69, 9.17) is 0 Å². The molecule has 0 saturated heterocycles. The molecule has 18 heavy (non-hydrogen) atoms. The van der Waals surface area contributed by atoms with Crippen LogP contribution in [0.4, 0.5) is 0 Å². The summed E-state index contributed by atoms with van der Waals surface area (Å²) in [4.78, 5) is 4.23. The molecule has 0 spiro atoms. The second-order valence-electron chi connectivity index (χ2n) is 5.41. The van der Waals surface area contributed by atoms with E-state index in [0.717, 1.165) is 11.5 Å². The highest BCUT2D eigenvalue weighted by Gasteiger charge is 2.28. The Hall–Kier alpha value is -0.880. The lowest BCUT2D eigenvalue weighted by molar-refractivity contribution is 0.550. The minimum Gasteiger partial charge on any atom is -0.330 e. The summed E-state index contributed by atoms with van der Waals surface area (Å²) in [5.74, 6) is 0.995. The molecule has 0 aliphatic rings. The van der Waals surface area contributed by atoms with Gasteiger partial charge in [-0.15, -0.1) is 0 Å². The van der Waals surface area contributed by atoms with Crippen molar-refractivity contribution in [1.82, 2.24) is 14.9 Å². The number of rotatable bonds is 5. The van der Waals surface area contributed by atoms with E-state index in [-0.39, 0.29) is 5.75 Å². The lowest BCUT2D eigenvalue weighted by Crippen LogP contribution is -2.32. The number of nitrogens with zero attached hydrogens (tertiary/aromatic N) is 2. The van der Waals surface area contributed by atoms with Gasteiger partial charge in [-0.3, -0.25) is 0 Å². The minimum atomic E-state index is -3.09. The van der Waals surface area contributed by atoms with E-state index in [0.29, 0.717) is 13.1 Å². The first-order valence-electron chi connectivity index (χ1n) is 6.07. The van der Waals surface area contributed by atoms with Crippen LogP contribution in [-0.2, 0) is 22.9 Å². The molecular weight excluding hydrogens is 250 g/mol. The maximum absolute atomic E-state index is 12.1. The van der Waals surface area contributed by atoms with Crippen molar-refractivity contribution in [2.75, 3.05) is 12.8 Å². The van der Waals surface area contributed by atoms with Crippen molar-refractivity contribution in [3.05, 3.63) is 17.7 Å². The zero-order valence-corrected chi connectivity index (χ0v) is 12.6. The number of sulfone groups is 1. The average Bonchev–Trinajstić information content (AvgIpc) is 2.56. The molecule has 0 radical (unpaired) electrons. The molecule has 0 aliphatic heterocycles. The molecule has 1 aromatic heterocycles. The van der Waals surface area contributed by atoms with Crippen LogP contribution >= 0.6 is 0 Å². The van der Waals surface area contributed by atoms with Crippen LogP contribution in [0, 0.1) is 6.92 Å². The summed E-state index contributed by atoms with van der Waals surface area (Å²) in [7, 11) is -1.23. The molecule has 1 rings (SSSR count). The number of imidazole rings is 1. The van der Waals surface area contributed by atoms with Gasteiger partial charge >= 0.3 is 0 Å². The van der Waals surface area contributed by atoms with E-state index < -0.39 is 14.6 Å². The van der Waals surface area contributed by atoms with E-state index in [1.54, 1.807) is 27.0 Å². The van der Waals surface area contributed by atoms with Crippen LogP contribution < -0.4 is 5.32 Å². The smallest absolute Gasteiger partial charge is 0.156 e. The van der Waals surface area contributed by atoms with Crippen molar-refractivity contribution in [1.29, 1.82) is 0 Å². The third-order valence-corrected chi connectivity index (χ3v) is 5.60. The summed E-state index contributed by atoms with van der Waals surface area (Å²) < 4.78 is 25.4. The first-order valence-corrected chi connectivity index (χ1v) is 7.72.